The summed E-state index contributed by atoms with van der Waals surface area (Å²) >= 11 is 0. The monoisotopic (exact) mass is 300 g/mol. The highest BCUT2D eigenvalue weighted by atomic mass is 19.1. The number of nitro groups is 1. The molecule has 0 atom stereocenters. The van der Waals surface area contributed by atoms with Gasteiger partial charge in [-0.25, -0.2) is 9.18 Å². The second-order valence-electron chi connectivity index (χ2n) is 4.31. The molecule has 0 aliphatic rings. The number of nitro benzene ring substituents is 1. The predicted molar refractivity (Wildman–Crippen MR) is 75.2 cm³/mol. The molecule has 0 saturated carbocycles. The zero-order chi connectivity index (χ0) is 16.0. The average molecular weight is 300 g/mol. The molecule has 21 heavy (non-hydrogen) atoms. The number of rotatable bonds is 6. The van der Waals surface area contributed by atoms with Crippen LogP contribution in [0.1, 0.15) is 0 Å². The van der Waals surface area contributed by atoms with E-state index in [0.717, 1.165) is 6.07 Å². The number of carbonyl (C=O) groups is 1. The second-order valence-corrected chi connectivity index (χ2v) is 4.31. The number of methoxy groups -OCH3 is 1. The third kappa shape index (κ3) is 4.48. The van der Waals surface area contributed by atoms with Gasteiger partial charge in [-0.3, -0.25) is 10.1 Å². The lowest BCUT2D eigenvalue weighted by atomic mass is 10.2. The average Bonchev–Trinajstić information content (AvgIpc) is 2.43. The summed E-state index contributed by atoms with van der Waals surface area (Å²) in [5.74, 6) is -0.803. The number of anilines is 1. The zero-order valence-electron chi connectivity index (χ0n) is 12.0. The maximum Gasteiger partial charge on any atom is 0.316 e. The van der Waals surface area contributed by atoms with E-state index in [0.29, 0.717) is 0 Å². The van der Waals surface area contributed by atoms with Gasteiger partial charge in [0.1, 0.15) is 0 Å². The number of nitrogens with zero attached hydrogens (tertiary/aromatic N) is 2. The Hall–Kier alpha value is -2.58. The Labute approximate surface area is 121 Å². The fourth-order valence-electron chi connectivity index (χ4n) is 1.51. The first-order valence-corrected chi connectivity index (χ1v) is 6.07. The molecule has 0 heterocycles. The first kappa shape index (κ1) is 16.5. The quantitative estimate of drug-likeness (QED) is 0.470. The van der Waals surface area contributed by atoms with Gasteiger partial charge in [0.05, 0.1) is 23.8 Å². The number of urea groups is 1. The molecule has 0 unspecified atom stereocenters. The highest BCUT2D eigenvalue weighted by molar-refractivity contribution is 5.73. The summed E-state index contributed by atoms with van der Waals surface area (Å²) in [6.45, 7) is 0.535. The maximum atomic E-state index is 13.7. The number of amides is 2. The van der Waals surface area contributed by atoms with E-state index in [4.69, 9.17) is 4.74 Å². The summed E-state index contributed by atoms with van der Waals surface area (Å²) in [6, 6.07) is 1.74. The van der Waals surface area contributed by atoms with E-state index in [-0.39, 0.29) is 30.6 Å². The molecule has 0 fully saturated rings. The number of hydrogen-bond acceptors (Lipinski definition) is 5. The van der Waals surface area contributed by atoms with Gasteiger partial charge in [-0.1, -0.05) is 0 Å². The van der Waals surface area contributed by atoms with Crippen molar-refractivity contribution in [1.29, 1.82) is 0 Å². The Balaban J connectivity index is 2.68. The minimum atomic E-state index is -0.763. The summed E-state index contributed by atoms with van der Waals surface area (Å²) in [4.78, 5) is 22.6. The topological polar surface area (TPSA) is 96.7 Å². The van der Waals surface area contributed by atoms with Crippen LogP contribution in [0.3, 0.4) is 0 Å². The molecule has 8 nitrogen and oxygen atoms in total. The lowest BCUT2D eigenvalue weighted by Gasteiger charge is -2.13. The predicted octanol–water partition coefficient (Wildman–Crippen LogP) is 1.43. The van der Waals surface area contributed by atoms with Crippen LogP contribution in [-0.2, 0) is 0 Å². The van der Waals surface area contributed by atoms with Crippen LogP contribution >= 0.6 is 0 Å². The van der Waals surface area contributed by atoms with Crippen LogP contribution in [0.4, 0.5) is 20.6 Å². The summed E-state index contributed by atoms with van der Waals surface area (Å²) < 4.78 is 18.6. The molecular weight excluding hydrogens is 283 g/mol. The van der Waals surface area contributed by atoms with E-state index in [1.807, 2.05) is 0 Å². The molecule has 0 radical (unpaired) electrons. The molecule has 2 amide bonds. The van der Waals surface area contributed by atoms with Crippen LogP contribution in [0.2, 0.25) is 0 Å². The number of ether oxygens (including phenoxy) is 1. The molecule has 116 valence electrons. The normalized spacial score (nSPS) is 9.90. The molecule has 0 bridgehead atoms. The van der Waals surface area contributed by atoms with Gasteiger partial charge >= 0.3 is 11.7 Å². The van der Waals surface area contributed by atoms with Gasteiger partial charge in [0.15, 0.2) is 11.6 Å². The van der Waals surface area contributed by atoms with Gasteiger partial charge in [-0.2, -0.15) is 0 Å². The Kier molecular flexibility index (Phi) is 5.70. The van der Waals surface area contributed by atoms with Crippen LogP contribution in [0, 0.1) is 15.9 Å². The summed E-state index contributed by atoms with van der Waals surface area (Å²) in [6.07, 6.45) is 0. The molecule has 2 N–H and O–H groups in total. The smallest absolute Gasteiger partial charge is 0.316 e. The van der Waals surface area contributed by atoms with Crippen molar-refractivity contribution < 1.29 is 18.8 Å². The summed E-state index contributed by atoms with van der Waals surface area (Å²) in [5.41, 5.74) is -0.377. The molecule has 1 rings (SSSR count). The van der Waals surface area contributed by atoms with Crippen molar-refractivity contribution in [2.45, 2.75) is 0 Å². The Bertz CT molecular complexity index is 536. The maximum absolute atomic E-state index is 13.7. The number of nitrogens with one attached hydrogen (secondary N) is 2. The largest absolute Gasteiger partial charge is 0.490 e. The van der Waals surface area contributed by atoms with Crippen LogP contribution in [0.15, 0.2) is 12.1 Å². The molecule has 0 aromatic heterocycles. The van der Waals surface area contributed by atoms with Crippen LogP contribution in [0.5, 0.6) is 5.75 Å². The number of halogens is 1. The number of benzene rings is 1. The Morgan fingerprint density at radius 1 is 1.43 bits per heavy atom. The van der Waals surface area contributed by atoms with E-state index < -0.39 is 16.4 Å². The Morgan fingerprint density at radius 3 is 2.62 bits per heavy atom. The molecule has 0 spiro atoms. The van der Waals surface area contributed by atoms with Gasteiger partial charge in [-0.15, -0.1) is 0 Å². The van der Waals surface area contributed by atoms with E-state index in [2.05, 4.69) is 10.6 Å². The van der Waals surface area contributed by atoms with Crippen molar-refractivity contribution in [2.75, 3.05) is 39.6 Å². The highest BCUT2D eigenvalue weighted by Gasteiger charge is 2.19. The lowest BCUT2D eigenvalue weighted by molar-refractivity contribution is -0.385. The van der Waals surface area contributed by atoms with Crippen molar-refractivity contribution in [3.05, 3.63) is 28.1 Å². The zero-order valence-corrected chi connectivity index (χ0v) is 12.0. The van der Waals surface area contributed by atoms with Crippen molar-refractivity contribution in [1.82, 2.24) is 10.2 Å². The fraction of sp³-hybridized carbons (Fsp3) is 0.417. The molecule has 0 saturated heterocycles. The SMILES string of the molecule is COc1cc(NCCNC(=O)N(C)C)c(F)cc1[N+](=O)[O-]. The van der Waals surface area contributed by atoms with Crippen LogP contribution in [-0.4, -0.2) is 50.1 Å². The number of carbonyl (C=O) groups excluding carboxylic acids is 1. The van der Waals surface area contributed by atoms with Crippen molar-refractivity contribution >= 4 is 17.4 Å². The highest BCUT2D eigenvalue weighted by Crippen LogP contribution is 2.32. The van der Waals surface area contributed by atoms with Gasteiger partial charge in [0.25, 0.3) is 0 Å². The fourth-order valence-corrected chi connectivity index (χ4v) is 1.51. The second kappa shape index (κ2) is 7.27. The van der Waals surface area contributed by atoms with Crippen LogP contribution < -0.4 is 15.4 Å². The van der Waals surface area contributed by atoms with Gasteiger partial charge in [0, 0.05) is 33.3 Å². The molecule has 1 aromatic rings. The first-order valence-electron chi connectivity index (χ1n) is 6.07. The van der Waals surface area contributed by atoms with E-state index in [1.165, 1.54) is 18.1 Å². The van der Waals surface area contributed by atoms with E-state index in [9.17, 15) is 19.3 Å². The molecule has 1 aromatic carbocycles. The van der Waals surface area contributed by atoms with Gasteiger partial charge in [-0.05, 0) is 0 Å². The minimum Gasteiger partial charge on any atom is -0.490 e. The van der Waals surface area contributed by atoms with Gasteiger partial charge in [0.2, 0.25) is 0 Å². The lowest BCUT2D eigenvalue weighted by Crippen LogP contribution is -2.37. The standard InChI is InChI=1S/C12H17FN4O4/c1-16(2)12(18)15-5-4-14-9-7-11(21-3)10(17(19)20)6-8(9)13/h6-7,14H,4-5H2,1-3H3,(H,15,18). The van der Waals surface area contributed by atoms with E-state index in [1.54, 1.807) is 14.1 Å². The molecule has 0 aliphatic carbocycles. The third-order valence-corrected chi connectivity index (χ3v) is 2.59. The van der Waals surface area contributed by atoms with Crippen molar-refractivity contribution in [3.63, 3.8) is 0 Å². The van der Waals surface area contributed by atoms with E-state index >= 15 is 0 Å². The third-order valence-electron chi connectivity index (χ3n) is 2.59. The molecule has 0 aliphatic heterocycles. The molecular formula is C12H17FN4O4. The summed E-state index contributed by atoms with van der Waals surface area (Å²) in [7, 11) is 4.47. The minimum absolute atomic E-state index is 0.0405. The van der Waals surface area contributed by atoms with Crippen molar-refractivity contribution in [2.24, 2.45) is 0 Å². The van der Waals surface area contributed by atoms with Gasteiger partial charge < -0.3 is 20.3 Å². The Morgan fingerprint density at radius 2 is 2.10 bits per heavy atom. The van der Waals surface area contributed by atoms with Crippen molar-refractivity contribution in [3.8, 4) is 5.75 Å². The summed E-state index contributed by atoms with van der Waals surface area (Å²) in [5, 5.41) is 16.1. The van der Waals surface area contributed by atoms with Crippen LogP contribution in [0.25, 0.3) is 0 Å². The number of hydrogen-bond donors (Lipinski definition) is 2. The molecule has 9 heteroatoms. The first-order chi connectivity index (χ1) is 9.86.